The predicted molar refractivity (Wildman–Crippen MR) is 81.7 cm³/mol. The van der Waals surface area contributed by atoms with E-state index in [0.29, 0.717) is 16.6 Å². The van der Waals surface area contributed by atoms with Crippen LogP contribution in [-0.2, 0) is 11.3 Å². The molecule has 0 radical (unpaired) electrons. The van der Waals surface area contributed by atoms with Gasteiger partial charge in [0, 0.05) is 11.0 Å². The molecule has 5 heteroatoms. The molecule has 0 atom stereocenters. The fraction of sp³-hybridized carbons (Fsp3) is 0.0714. The lowest BCUT2D eigenvalue weighted by atomic mass is 10.2. The van der Waals surface area contributed by atoms with Crippen molar-refractivity contribution in [2.45, 2.75) is 6.54 Å². The summed E-state index contributed by atoms with van der Waals surface area (Å²) in [6.07, 6.45) is 3.18. The second-order valence-corrected chi connectivity index (χ2v) is 5.65. The van der Waals surface area contributed by atoms with Crippen LogP contribution < -0.4 is 5.32 Å². The van der Waals surface area contributed by atoms with Gasteiger partial charge in [-0.3, -0.25) is 4.79 Å². The van der Waals surface area contributed by atoms with Crippen LogP contribution in [0.1, 0.15) is 10.4 Å². The molecule has 2 rings (SSSR count). The van der Waals surface area contributed by atoms with E-state index < -0.39 is 0 Å². The van der Waals surface area contributed by atoms with Crippen molar-refractivity contribution in [2.24, 2.45) is 0 Å². The topological polar surface area (TPSA) is 29.1 Å². The van der Waals surface area contributed by atoms with Crippen LogP contribution in [0.4, 0.5) is 0 Å². The fourth-order valence-corrected chi connectivity index (χ4v) is 2.39. The van der Waals surface area contributed by atoms with Crippen molar-refractivity contribution in [3.63, 3.8) is 0 Å². The van der Waals surface area contributed by atoms with Gasteiger partial charge < -0.3 is 5.32 Å². The molecule has 0 spiro atoms. The monoisotopic (exact) mass is 311 g/mol. The van der Waals surface area contributed by atoms with Crippen molar-refractivity contribution in [3.05, 3.63) is 62.3 Å². The molecular weight excluding hydrogens is 301 g/mol. The van der Waals surface area contributed by atoms with E-state index in [1.807, 2.05) is 17.5 Å². The molecule has 0 aliphatic carbocycles. The Hall–Kier alpha value is -1.29. The summed E-state index contributed by atoms with van der Waals surface area (Å²) in [5, 5.41) is 5.76. The fourth-order valence-electron chi connectivity index (χ4n) is 1.43. The van der Waals surface area contributed by atoms with Gasteiger partial charge in [-0.2, -0.15) is 0 Å². The van der Waals surface area contributed by atoms with Gasteiger partial charge in [0.25, 0.3) is 0 Å². The number of thiophene rings is 1. The molecule has 0 unspecified atom stereocenters. The second kappa shape index (κ2) is 6.75. The van der Waals surface area contributed by atoms with E-state index in [2.05, 4.69) is 5.32 Å². The average Bonchev–Trinajstić information content (AvgIpc) is 2.91. The molecule has 0 bridgehead atoms. The summed E-state index contributed by atoms with van der Waals surface area (Å²) < 4.78 is 0. The molecular formula is C14H11Cl2NOS. The third kappa shape index (κ3) is 4.39. The summed E-state index contributed by atoms with van der Waals surface area (Å²) in [7, 11) is 0. The number of carbonyl (C=O) groups is 1. The number of rotatable bonds is 4. The predicted octanol–water partition coefficient (Wildman–Crippen LogP) is 4.38. The van der Waals surface area contributed by atoms with E-state index in [4.69, 9.17) is 23.2 Å². The first kappa shape index (κ1) is 14.1. The maximum absolute atomic E-state index is 11.6. The summed E-state index contributed by atoms with van der Waals surface area (Å²) in [6.45, 7) is 0.544. The van der Waals surface area contributed by atoms with E-state index in [1.54, 1.807) is 35.6 Å². The summed E-state index contributed by atoms with van der Waals surface area (Å²) in [5.74, 6) is -0.139. The van der Waals surface area contributed by atoms with Gasteiger partial charge >= 0.3 is 0 Å². The van der Waals surface area contributed by atoms with Gasteiger partial charge in [0.2, 0.25) is 5.91 Å². The molecule has 1 heterocycles. The first-order valence-electron chi connectivity index (χ1n) is 5.58. The highest BCUT2D eigenvalue weighted by molar-refractivity contribution is 7.09. The lowest BCUT2D eigenvalue weighted by molar-refractivity contribution is -0.116. The summed E-state index contributed by atoms with van der Waals surface area (Å²) in [4.78, 5) is 12.7. The van der Waals surface area contributed by atoms with Crippen LogP contribution in [0.5, 0.6) is 0 Å². The number of carbonyl (C=O) groups excluding carboxylic acids is 1. The van der Waals surface area contributed by atoms with Crippen molar-refractivity contribution in [2.75, 3.05) is 0 Å². The third-order valence-corrected chi connectivity index (χ3v) is 4.00. The molecule has 0 saturated heterocycles. The Morgan fingerprint density at radius 3 is 2.79 bits per heavy atom. The van der Waals surface area contributed by atoms with E-state index in [9.17, 15) is 4.79 Å². The minimum Gasteiger partial charge on any atom is -0.348 e. The Morgan fingerprint density at radius 1 is 1.26 bits per heavy atom. The Labute approximate surface area is 125 Å². The number of nitrogens with one attached hydrogen (secondary N) is 1. The largest absolute Gasteiger partial charge is 0.348 e. The smallest absolute Gasteiger partial charge is 0.244 e. The van der Waals surface area contributed by atoms with Crippen molar-refractivity contribution in [1.82, 2.24) is 5.32 Å². The zero-order valence-corrected chi connectivity index (χ0v) is 12.2. The SMILES string of the molecule is O=C(/C=C/c1ccc(Cl)c(Cl)c1)NCc1cccs1. The molecule has 1 aromatic heterocycles. The minimum absolute atomic E-state index is 0.139. The normalized spacial score (nSPS) is 10.8. The third-order valence-electron chi connectivity index (χ3n) is 2.39. The Morgan fingerprint density at radius 2 is 2.11 bits per heavy atom. The van der Waals surface area contributed by atoms with Gasteiger partial charge in [-0.25, -0.2) is 0 Å². The molecule has 0 saturated carbocycles. The first-order chi connectivity index (χ1) is 9.15. The Kier molecular flexibility index (Phi) is 5.02. The van der Waals surface area contributed by atoms with E-state index >= 15 is 0 Å². The lowest BCUT2D eigenvalue weighted by Crippen LogP contribution is -2.19. The summed E-state index contributed by atoms with van der Waals surface area (Å²) in [6, 6.07) is 9.16. The summed E-state index contributed by atoms with van der Waals surface area (Å²) >= 11 is 13.3. The average molecular weight is 312 g/mol. The number of amides is 1. The Balaban J connectivity index is 1.90. The van der Waals surface area contributed by atoms with Crippen LogP contribution in [0.25, 0.3) is 6.08 Å². The van der Waals surface area contributed by atoms with Gasteiger partial charge in [-0.15, -0.1) is 11.3 Å². The zero-order chi connectivity index (χ0) is 13.7. The van der Waals surface area contributed by atoms with Crippen LogP contribution in [0, 0.1) is 0 Å². The lowest BCUT2D eigenvalue weighted by Gasteiger charge is -2.00. The minimum atomic E-state index is -0.139. The van der Waals surface area contributed by atoms with Crippen molar-refractivity contribution in [1.29, 1.82) is 0 Å². The number of halogens is 2. The molecule has 0 aliphatic heterocycles. The Bertz CT molecular complexity index is 593. The van der Waals surface area contributed by atoms with Gasteiger partial charge in [0.1, 0.15) is 0 Å². The highest BCUT2D eigenvalue weighted by Crippen LogP contribution is 2.23. The van der Waals surface area contributed by atoms with Gasteiger partial charge in [-0.05, 0) is 35.2 Å². The van der Waals surface area contributed by atoms with Crippen molar-refractivity contribution in [3.8, 4) is 0 Å². The molecule has 1 aromatic carbocycles. The molecule has 2 nitrogen and oxygen atoms in total. The zero-order valence-electron chi connectivity index (χ0n) is 9.90. The number of hydrogen-bond donors (Lipinski definition) is 1. The van der Waals surface area contributed by atoms with Crippen LogP contribution in [0.2, 0.25) is 10.0 Å². The standard InChI is InChI=1S/C14H11Cl2NOS/c15-12-5-3-10(8-13(12)16)4-6-14(18)17-9-11-2-1-7-19-11/h1-8H,9H2,(H,17,18)/b6-4+. The highest BCUT2D eigenvalue weighted by Gasteiger charge is 1.99. The number of hydrogen-bond acceptors (Lipinski definition) is 2. The van der Waals surface area contributed by atoms with Crippen molar-refractivity contribution >= 4 is 46.5 Å². The highest BCUT2D eigenvalue weighted by atomic mass is 35.5. The van der Waals surface area contributed by atoms with Crippen LogP contribution >= 0.6 is 34.5 Å². The summed E-state index contributed by atoms with van der Waals surface area (Å²) in [5.41, 5.74) is 0.834. The maximum atomic E-state index is 11.6. The number of benzene rings is 1. The van der Waals surface area contributed by atoms with E-state index in [0.717, 1.165) is 10.4 Å². The van der Waals surface area contributed by atoms with Gasteiger partial charge in [0.15, 0.2) is 0 Å². The molecule has 98 valence electrons. The second-order valence-electron chi connectivity index (χ2n) is 3.80. The van der Waals surface area contributed by atoms with E-state index in [1.165, 1.54) is 6.08 Å². The van der Waals surface area contributed by atoms with Crippen LogP contribution in [0.3, 0.4) is 0 Å². The quantitative estimate of drug-likeness (QED) is 0.834. The maximum Gasteiger partial charge on any atom is 0.244 e. The molecule has 19 heavy (non-hydrogen) atoms. The molecule has 2 aromatic rings. The van der Waals surface area contributed by atoms with Crippen LogP contribution in [-0.4, -0.2) is 5.91 Å². The first-order valence-corrected chi connectivity index (χ1v) is 7.22. The van der Waals surface area contributed by atoms with E-state index in [-0.39, 0.29) is 5.91 Å². The molecule has 0 fully saturated rings. The van der Waals surface area contributed by atoms with Crippen molar-refractivity contribution < 1.29 is 4.79 Å². The van der Waals surface area contributed by atoms with Gasteiger partial charge in [0.05, 0.1) is 16.6 Å². The van der Waals surface area contributed by atoms with Gasteiger partial charge in [-0.1, -0.05) is 35.3 Å². The molecule has 1 amide bonds. The van der Waals surface area contributed by atoms with Crippen LogP contribution in [0.15, 0.2) is 41.8 Å². The molecule has 1 N–H and O–H groups in total. The molecule has 0 aliphatic rings.